The van der Waals surface area contributed by atoms with E-state index in [1.807, 2.05) is 31.3 Å². The van der Waals surface area contributed by atoms with Crippen molar-refractivity contribution in [3.8, 4) is 22.8 Å². The number of epoxide rings is 1. The number of aliphatic imine (C=N–C) groups is 1. The fraction of sp³-hybridized carbons (Fsp3) is 0.375. The summed E-state index contributed by atoms with van der Waals surface area (Å²) in [6, 6.07) is 8.92. The second-order valence-corrected chi connectivity index (χ2v) is 17.7. The Bertz CT molecular complexity index is 2450. The number of aromatic hydroxyl groups is 1. The van der Waals surface area contributed by atoms with Gasteiger partial charge in [-0.25, -0.2) is 14.8 Å². The Hall–Kier alpha value is -4.99. The first kappa shape index (κ1) is 35.7. The molecular weight excluding hydrogens is 741 g/mol. The molecule has 8 heterocycles. The maximum Gasteiger partial charge on any atom is 0.341 e. The molecule has 4 atom stereocenters. The summed E-state index contributed by atoms with van der Waals surface area (Å²) in [5, 5.41) is 11.4. The van der Waals surface area contributed by atoms with Gasteiger partial charge in [-0.2, -0.15) is 0 Å². The Kier molecular flexibility index (Phi) is 8.66. The Morgan fingerprint density at radius 1 is 1.05 bits per heavy atom. The predicted molar refractivity (Wildman–Crippen MR) is 213 cm³/mol. The SMILES string of the molecule is Cc1cc(=O)c2c(O)c3c(cc2o1)OC1(C)CCSSCc2c(cc(CN4C=C5C=CN=C5C4)nc2N)-c2cc(cc(N)n2)CCC2OC2(C)C(=O)OC1C3. The van der Waals surface area contributed by atoms with Gasteiger partial charge in [0.25, 0.3) is 0 Å². The van der Waals surface area contributed by atoms with Gasteiger partial charge in [-0.3, -0.25) is 9.79 Å². The molecule has 9 rings (SSSR count). The van der Waals surface area contributed by atoms with Crippen molar-refractivity contribution in [1.82, 2.24) is 14.9 Å². The molecular formula is C40H40N6O7S2. The number of hydrogen-bond donors (Lipinski definition) is 3. The maximum absolute atomic E-state index is 13.9. The number of phenolic OH excluding ortho intramolecular Hbond substituents is 1. The predicted octanol–water partition coefficient (Wildman–Crippen LogP) is 5.78. The molecule has 2 bridgehead atoms. The Labute approximate surface area is 324 Å². The van der Waals surface area contributed by atoms with Gasteiger partial charge < -0.3 is 40.1 Å². The van der Waals surface area contributed by atoms with Crippen LogP contribution in [0.1, 0.15) is 54.8 Å². The van der Waals surface area contributed by atoms with Crippen molar-refractivity contribution in [2.45, 2.75) is 82.2 Å². The minimum absolute atomic E-state index is 0.0664. The molecule has 3 aromatic heterocycles. The third-order valence-corrected chi connectivity index (χ3v) is 13.4. The number of ether oxygens (including phenoxy) is 3. The largest absolute Gasteiger partial charge is 0.507 e. The molecule has 5 aliphatic rings. The topological polar surface area (TPSA) is 192 Å². The zero-order chi connectivity index (χ0) is 38.2. The van der Waals surface area contributed by atoms with Crippen molar-refractivity contribution >= 4 is 55.9 Å². The van der Waals surface area contributed by atoms with Crippen molar-refractivity contribution in [3.63, 3.8) is 0 Å². The third-order valence-electron chi connectivity index (χ3n) is 11.1. The second kappa shape index (κ2) is 13.3. The van der Waals surface area contributed by atoms with E-state index in [1.165, 1.54) is 6.07 Å². The summed E-state index contributed by atoms with van der Waals surface area (Å²) in [5.74, 6) is 2.06. The van der Waals surface area contributed by atoms with Gasteiger partial charge in [0, 0.05) is 71.1 Å². The fourth-order valence-corrected chi connectivity index (χ4v) is 10.2. The molecule has 4 unspecified atom stereocenters. The van der Waals surface area contributed by atoms with Gasteiger partial charge in [0.15, 0.2) is 11.0 Å². The maximum atomic E-state index is 13.9. The summed E-state index contributed by atoms with van der Waals surface area (Å²) < 4.78 is 24.7. The highest BCUT2D eigenvalue weighted by Gasteiger charge is 2.61. The highest BCUT2D eigenvalue weighted by atomic mass is 33.1. The number of esters is 1. The Balaban J connectivity index is 1.04. The molecule has 15 heteroatoms. The van der Waals surface area contributed by atoms with E-state index in [1.54, 1.807) is 41.5 Å². The van der Waals surface area contributed by atoms with E-state index in [4.69, 9.17) is 40.1 Å². The molecule has 284 valence electrons. The number of phenols is 1. The van der Waals surface area contributed by atoms with E-state index >= 15 is 0 Å². The van der Waals surface area contributed by atoms with Gasteiger partial charge in [0.05, 0.1) is 36.3 Å². The van der Waals surface area contributed by atoms with Crippen molar-refractivity contribution in [2.75, 3.05) is 23.8 Å². The number of carbonyl (C=O) groups excluding carboxylic acids is 1. The zero-order valence-corrected chi connectivity index (χ0v) is 32.2. The summed E-state index contributed by atoms with van der Waals surface area (Å²) in [5.41, 5.74) is 17.6. The highest BCUT2D eigenvalue weighted by Crippen LogP contribution is 2.47. The molecule has 1 fully saturated rings. The van der Waals surface area contributed by atoms with E-state index in [9.17, 15) is 14.7 Å². The van der Waals surface area contributed by atoms with E-state index < -0.39 is 23.3 Å². The summed E-state index contributed by atoms with van der Waals surface area (Å²) >= 11 is 0. The number of nitrogens with two attached hydrogens (primary N) is 2. The average molecular weight is 781 g/mol. The molecule has 55 heavy (non-hydrogen) atoms. The smallest absolute Gasteiger partial charge is 0.341 e. The molecule has 4 aromatic rings. The van der Waals surface area contributed by atoms with Crippen LogP contribution < -0.4 is 21.6 Å². The standard InChI is InChI=1S/C40H40N6O7S2/c1-20-10-29(47)35-31(50-20)15-30-25(36(35)48)14-33-39(2,52-30)7-9-54-55-19-26-24(13-23(44-37(26)42)17-46-16-22-6-8-43-28(22)18-46)27-11-21(12-34(41)45-27)4-5-32-40(3,53-32)38(49)51-33/h6,8,10-13,15-16,32-33,48H,4-5,7,9,14,17-19H2,1-3H3,(H2,41,45)(H2,42,44). The van der Waals surface area contributed by atoms with Crippen LogP contribution in [0, 0.1) is 6.92 Å². The molecule has 5 N–H and O–H groups in total. The van der Waals surface area contributed by atoms with Crippen molar-refractivity contribution in [3.05, 3.63) is 92.7 Å². The Morgan fingerprint density at radius 3 is 2.75 bits per heavy atom. The summed E-state index contributed by atoms with van der Waals surface area (Å²) in [6.07, 6.45) is 6.52. The van der Waals surface area contributed by atoms with Crippen molar-refractivity contribution in [2.24, 2.45) is 4.99 Å². The fourth-order valence-electron chi connectivity index (χ4n) is 7.92. The number of anilines is 2. The normalized spacial score (nSPS) is 25.9. The van der Waals surface area contributed by atoms with E-state index in [0.29, 0.717) is 78.3 Å². The number of benzene rings is 1. The van der Waals surface area contributed by atoms with Gasteiger partial charge >= 0.3 is 5.97 Å². The van der Waals surface area contributed by atoms with Crippen LogP contribution in [0.25, 0.3) is 22.2 Å². The number of nitrogens with zero attached hydrogens (tertiary/aromatic N) is 4. The average Bonchev–Trinajstić information content (AvgIpc) is 3.37. The van der Waals surface area contributed by atoms with Crippen molar-refractivity contribution < 1.29 is 28.5 Å². The van der Waals surface area contributed by atoms with Gasteiger partial charge in [-0.1, -0.05) is 21.6 Å². The van der Waals surface area contributed by atoms with Crippen LogP contribution >= 0.6 is 21.6 Å². The molecule has 13 nitrogen and oxygen atoms in total. The molecule has 1 aromatic carbocycles. The van der Waals surface area contributed by atoms with Crippen LogP contribution in [-0.4, -0.2) is 67.4 Å². The lowest BCUT2D eigenvalue weighted by molar-refractivity contribution is -0.168. The Morgan fingerprint density at radius 2 is 1.91 bits per heavy atom. The van der Waals surface area contributed by atoms with E-state index in [-0.39, 0.29) is 34.7 Å². The summed E-state index contributed by atoms with van der Waals surface area (Å²) in [4.78, 5) is 43.0. The number of aryl methyl sites for hydroxylation is 2. The number of hydrogen-bond acceptors (Lipinski definition) is 15. The summed E-state index contributed by atoms with van der Waals surface area (Å²) in [6.45, 7) is 6.59. The van der Waals surface area contributed by atoms with E-state index in [2.05, 4.69) is 22.2 Å². The second-order valence-electron chi connectivity index (χ2n) is 15.1. The molecule has 0 radical (unpaired) electrons. The summed E-state index contributed by atoms with van der Waals surface area (Å²) in [7, 11) is 3.27. The van der Waals surface area contributed by atoms with Crippen LogP contribution in [0.4, 0.5) is 11.6 Å². The minimum Gasteiger partial charge on any atom is -0.507 e. The zero-order valence-electron chi connectivity index (χ0n) is 30.6. The van der Waals surface area contributed by atoms with Crippen LogP contribution in [0.2, 0.25) is 0 Å². The lowest BCUT2D eigenvalue weighted by Gasteiger charge is -2.42. The quantitative estimate of drug-likeness (QED) is 0.126. The number of pyridine rings is 2. The van der Waals surface area contributed by atoms with Crippen LogP contribution in [0.3, 0.4) is 0 Å². The van der Waals surface area contributed by atoms with Gasteiger partial charge in [0.1, 0.15) is 51.6 Å². The number of allylic oxidation sites excluding steroid dienone is 1. The highest BCUT2D eigenvalue weighted by molar-refractivity contribution is 8.76. The lowest BCUT2D eigenvalue weighted by atomic mass is 9.86. The lowest BCUT2D eigenvalue weighted by Crippen LogP contribution is -2.52. The number of fused-ring (bicyclic) bond motifs is 9. The minimum atomic E-state index is -1.16. The molecule has 1 saturated heterocycles. The van der Waals surface area contributed by atoms with E-state index in [0.717, 1.165) is 33.7 Å². The molecule has 0 spiro atoms. The first-order valence-corrected chi connectivity index (χ1v) is 20.7. The van der Waals surface area contributed by atoms with Gasteiger partial charge in [0.2, 0.25) is 0 Å². The molecule has 0 amide bonds. The van der Waals surface area contributed by atoms with Gasteiger partial charge in [-0.05, 0) is 63.5 Å². The first-order chi connectivity index (χ1) is 26.4. The van der Waals surface area contributed by atoms with Gasteiger partial charge in [-0.15, -0.1) is 0 Å². The number of aromatic nitrogens is 2. The molecule has 0 aliphatic carbocycles. The first-order valence-electron chi connectivity index (χ1n) is 18.2. The van der Waals surface area contributed by atoms with Crippen LogP contribution in [0.15, 0.2) is 68.6 Å². The third kappa shape index (κ3) is 6.51. The van der Waals surface area contributed by atoms with Crippen molar-refractivity contribution in [1.29, 1.82) is 0 Å². The number of rotatable bonds is 2. The molecule has 5 aliphatic heterocycles. The number of nitrogen functional groups attached to an aromatic ring is 2. The molecule has 0 saturated carbocycles. The van der Waals surface area contributed by atoms with Crippen LogP contribution in [-0.2, 0) is 39.4 Å². The monoisotopic (exact) mass is 780 g/mol. The van der Waals surface area contributed by atoms with Crippen LogP contribution in [0.5, 0.6) is 11.5 Å². The number of carbonyl (C=O) groups is 1.